The van der Waals surface area contributed by atoms with Gasteiger partial charge >= 0.3 is 0 Å². The van der Waals surface area contributed by atoms with Crippen LogP contribution in [-0.2, 0) is 10.0 Å². The van der Waals surface area contributed by atoms with E-state index in [1.807, 2.05) is 13.8 Å². The fourth-order valence-corrected chi connectivity index (χ4v) is 5.85. The second-order valence-electron chi connectivity index (χ2n) is 4.67. The van der Waals surface area contributed by atoms with Gasteiger partial charge in [-0.05, 0) is 60.0 Å². The molecule has 0 spiro atoms. The lowest BCUT2D eigenvalue weighted by molar-refractivity contribution is 0.342. The van der Waals surface area contributed by atoms with Gasteiger partial charge < -0.3 is 0 Å². The topological polar surface area (TPSA) is 37.4 Å². The molecule has 0 bridgehead atoms. The SMILES string of the molecule is CC(C)N(CC1CC1)S(=O)(=O)c1sccc1Br. The van der Waals surface area contributed by atoms with E-state index in [0.29, 0.717) is 21.1 Å². The number of hydrogen-bond donors (Lipinski definition) is 0. The van der Waals surface area contributed by atoms with Crippen LogP contribution in [0.3, 0.4) is 0 Å². The molecule has 3 nitrogen and oxygen atoms in total. The highest BCUT2D eigenvalue weighted by Gasteiger charge is 2.34. The number of nitrogens with zero attached hydrogens (tertiary/aromatic N) is 1. The Morgan fingerprint density at radius 3 is 2.59 bits per heavy atom. The van der Waals surface area contributed by atoms with Crippen molar-refractivity contribution in [2.75, 3.05) is 6.54 Å². The van der Waals surface area contributed by atoms with Crippen molar-refractivity contribution in [1.82, 2.24) is 4.31 Å². The second-order valence-corrected chi connectivity index (χ2v) is 8.52. The predicted molar refractivity (Wildman–Crippen MR) is 73.8 cm³/mol. The quantitative estimate of drug-likeness (QED) is 0.826. The highest BCUT2D eigenvalue weighted by atomic mass is 79.9. The van der Waals surface area contributed by atoms with E-state index in [0.717, 1.165) is 12.8 Å². The first-order valence-electron chi connectivity index (χ1n) is 5.67. The van der Waals surface area contributed by atoms with E-state index in [2.05, 4.69) is 15.9 Å². The van der Waals surface area contributed by atoms with Gasteiger partial charge in [0.05, 0.1) is 0 Å². The third kappa shape index (κ3) is 2.92. The van der Waals surface area contributed by atoms with E-state index in [-0.39, 0.29) is 6.04 Å². The molecular formula is C11H16BrNO2S2. The van der Waals surface area contributed by atoms with Crippen LogP contribution in [0.1, 0.15) is 26.7 Å². The number of rotatable bonds is 5. The largest absolute Gasteiger partial charge is 0.253 e. The molecule has 0 amide bonds. The molecule has 0 saturated heterocycles. The molecule has 1 fully saturated rings. The van der Waals surface area contributed by atoms with Crippen LogP contribution in [0.4, 0.5) is 0 Å². The predicted octanol–water partition coefficient (Wildman–Crippen LogP) is 3.32. The first kappa shape index (κ1) is 13.5. The third-order valence-electron chi connectivity index (χ3n) is 2.84. The maximum Gasteiger partial charge on any atom is 0.253 e. The highest BCUT2D eigenvalue weighted by molar-refractivity contribution is 9.10. The Kier molecular flexibility index (Phi) is 3.97. The summed E-state index contributed by atoms with van der Waals surface area (Å²) < 4.78 is 27.8. The summed E-state index contributed by atoms with van der Waals surface area (Å²) in [6.07, 6.45) is 2.31. The van der Waals surface area contributed by atoms with Gasteiger partial charge in [0.15, 0.2) is 0 Å². The van der Waals surface area contributed by atoms with Crippen molar-refractivity contribution in [3.05, 3.63) is 15.9 Å². The fraction of sp³-hybridized carbons (Fsp3) is 0.636. The zero-order chi connectivity index (χ0) is 12.6. The van der Waals surface area contributed by atoms with E-state index in [9.17, 15) is 8.42 Å². The van der Waals surface area contributed by atoms with Crippen molar-refractivity contribution in [1.29, 1.82) is 0 Å². The maximum atomic E-state index is 12.5. The number of hydrogen-bond acceptors (Lipinski definition) is 3. The smallest absolute Gasteiger partial charge is 0.206 e. The molecule has 17 heavy (non-hydrogen) atoms. The van der Waals surface area contributed by atoms with Gasteiger partial charge in [-0.15, -0.1) is 11.3 Å². The Labute approximate surface area is 115 Å². The van der Waals surface area contributed by atoms with Crippen LogP contribution in [0, 0.1) is 5.92 Å². The first-order valence-corrected chi connectivity index (χ1v) is 8.79. The van der Waals surface area contributed by atoms with Crippen molar-refractivity contribution in [3.8, 4) is 0 Å². The minimum absolute atomic E-state index is 0.00889. The summed E-state index contributed by atoms with van der Waals surface area (Å²) in [7, 11) is -3.34. The summed E-state index contributed by atoms with van der Waals surface area (Å²) in [6, 6.07) is 1.79. The molecular weight excluding hydrogens is 322 g/mol. The zero-order valence-electron chi connectivity index (χ0n) is 9.89. The molecule has 96 valence electrons. The van der Waals surface area contributed by atoms with Gasteiger partial charge in [0.2, 0.25) is 0 Å². The summed E-state index contributed by atoms with van der Waals surface area (Å²) in [5.74, 6) is 0.561. The van der Waals surface area contributed by atoms with Gasteiger partial charge in [-0.2, -0.15) is 4.31 Å². The summed E-state index contributed by atoms with van der Waals surface area (Å²) >= 11 is 4.58. The molecule has 0 unspecified atom stereocenters. The summed E-state index contributed by atoms with van der Waals surface area (Å²) in [5, 5.41) is 1.80. The molecule has 1 heterocycles. The van der Waals surface area contributed by atoms with Gasteiger partial charge in [-0.25, -0.2) is 8.42 Å². The maximum absolute atomic E-state index is 12.5. The summed E-state index contributed by atoms with van der Waals surface area (Å²) in [6.45, 7) is 4.52. The van der Waals surface area contributed by atoms with E-state index in [1.165, 1.54) is 11.3 Å². The van der Waals surface area contributed by atoms with Crippen LogP contribution < -0.4 is 0 Å². The van der Waals surface area contributed by atoms with Gasteiger partial charge in [0.1, 0.15) is 4.21 Å². The van der Waals surface area contributed by atoms with E-state index in [4.69, 9.17) is 0 Å². The molecule has 6 heteroatoms. The second kappa shape index (κ2) is 4.99. The molecule has 0 radical (unpaired) electrons. The Balaban J connectivity index is 2.30. The Hall–Kier alpha value is 0.0900. The van der Waals surface area contributed by atoms with Crippen LogP contribution in [0.15, 0.2) is 20.1 Å². The van der Waals surface area contributed by atoms with E-state index < -0.39 is 10.0 Å². The van der Waals surface area contributed by atoms with Gasteiger partial charge in [0.25, 0.3) is 10.0 Å². The molecule has 0 atom stereocenters. The molecule has 0 aromatic carbocycles. The normalized spacial score (nSPS) is 17.0. The fourth-order valence-electron chi connectivity index (χ4n) is 1.71. The lowest BCUT2D eigenvalue weighted by atomic mass is 10.3. The number of sulfonamides is 1. The Morgan fingerprint density at radius 1 is 1.53 bits per heavy atom. The van der Waals surface area contributed by atoms with Crippen molar-refractivity contribution in [2.24, 2.45) is 5.92 Å². The van der Waals surface area contributed by atoms with Crippen LogP contribution in [-0.4, -0.2) is 25.3 Å². The summed E-state index contributed by atoms with van der Waals surface area (Å²) in [5.41, 5.74) is 0. The molecule has 2 rings (SSSR count). The summed E-state index contributed by atoms with van der Waals surface area (Å²) in [4.78, 5) is 0. The van der Waals surface area contributed by atoms with Crippen LogP contribution in [0.2, 0.25) is 0 Å². The highest BCUT2D eigenvalue weighted by Crippen LogP contribution is 2.35. The minimum Gasteiger partial charge on any atom is -0.206 e. The standard InChI is InChI=1S/C11H16BrNO2S2/c1-8(2)13(7-9-3-4-9)17(14,15)11-10(12)5-6-16-11/h5-6,8-9H,3-4,7H2,1-2H3. The van der Waals surface area contributed by atoms with Crippen LogP contribution in [0.5, 0.6) is 0 Å². The molecule has 0 aliphatic heterocycles. The average molecular weight is 338 g/mol. The Bertz CT molecular complexity index is 491. The first-order chi connectivity index (χ1) is 7.93. The van der Waals surface area contributed by atoms with Crippen molar-refractivity contribution in [3.63, 3.8) is 0 Å². The van der Waals surface area contributed by atoms with Crippen molar-refractivity contribution in [2.45, 2.75) is 36.9 Å². The lowest BCUT2D eigenvalue weighted by Gasteiger charge is -2.25. The van der Waals surface area contributed by atoms with Crippen LogP contribution >= 0.6 is 27.3 Å². The van der Waals surface area contributed by atoms with Crippen molar-refractivity contribution < 1.29 is 8.42 Å². The molecule has 1 saturated carbocycles. The molecule has 1 aliphatic carbocycles. The molecule has 1 aromatic rings. The average Bonchev–Trinajstić information content (AvgIpc) is 2.95. The molecule has 1 aromatic heterocycles. The molecule has 0 N–H and O–H groups in total. The third-order valence-corrected chi connectivity index (χ3v) is 7.53. The van der Waals surface area contributed by atoms with Crippen molar-refractivity contribution >= 4 is 37.3 Å². The zero-order valence-corrected chi connectivity index (χ0v) is 13.1. The van der Waals surface area contributed by atoms with E-state index >= 15 is 0 Å². The van der Waals surface area contributed by atoms with Gasteiger partial charge in [-0.1, -0.05) is 0 Å². The number of halogens is 1. The van der Waals surface area contributed by atoms with E-state index in [1.54, 1.807) is 15.8 Å². The molecule has 1 aliphatic rings. The van der Waals surface area contributed by atoms with Gasteiger partial charge in [-0.3, -0.25) is 0 Å². The van der Waals surface area contributed by atoms with Gasteiger partial charge in [0, 0.05) is 17.1 Å². The minimum atomic E-state index is -3.34. The number of thiophene rings is 1. The monoisotopic (exact) mass is 337 g/mol. The Morgan fingerprint density at radius 2 is 2.18 bits per heavy atom. The lowest BCUT2D eigenvalue weighted by Crippen LogP contribution is -2.38. The van der Waals surface area contributed by atoms with Crippen LogP contribution in [0.25, 0.3) is 0 Å².